The summed E-state index contributed by atoms with van der Waals surface area (Å²) in [6.45, 7) is 4.60. The first kappa shape index (κ1) is 26.5. The Morgan fingerprint density at radius 3 is 2.32 bits per heavy atom. The topological polar surface area (TPSA) is 106 Å². The highest BCUT2D eigenvalue weighted by Crippen LogP contribution is 2.38. The van der Waals surface area contributed by atoms with Crippen LogP contribution >= 0.6 is 0 Å². The molecule has 1 saturated carbocycles. The third-order valence-corrected chi connectivity index (χ3v) is 7.27. The van der Waals surface area contributed by atoms with Crippen LogP contribution in [0.4, 0.5) is 4.39 Å². The molecular weight excluding hydrogens is 515 g/mol. The Labute approximate surface area is 237 Å². The fourth-order valence-corrected chi connectivity index (χ4v) is 5.16. The lowest BCUT2D eigenvalue weighted by Crippen LogP contribution is -2.14. The van der Waals surface area contributed by atoms with Crippen molar-refractivity contribution >= 4 is 32.6 Å². The molecule has 0 bridgehead atoms. The minimum atomic E-state index is -1.07. The fraction of sp³-hybridized carbons (Fsp3) is 0.265. The summed E-state index contributed by atoms with van der Waals surface area (Å²) < 4.78 is 20.1. The first-order valence-corrected chi connectivity index (χ1v) is 13.6. The van der Waals surface area contributed by atoms with Crippen LogP contribution in [0.5, 0.6) is 0 Å². The summed E-state index contributed by atoms with van der Waals surface area (Å²) in [6.07, 6.45) is 2.94. The largest absolute Gasteiger partial charge is 0.378 e. The van der Waals surface area contributed by atoms with Gasteiger partial charge >= 0.3 is 0 Å². The van der Waals surface area contributed by atoms with E-state index in [4.69, 9.17) is 9.72 Å². The molecule has 0 aliphatic heterocycles. The highest BCUT2D eigenvalue weighted by atomic mass is 19.1. The molecular formula is C34H27FN4O2. The van der Waals surface area contributed by atoms with E-state index in [2.05, 4.69) is 29.0 Å². The second kappa shape index (κ2) is 10.3. The predicted molar refractivity (Wildman–Crippen MR) is 156 cm³/mol. The summed E-state index contributed by atoms with van der Waals surface area (Å²) in [5, 5.41) is 33.3. The summed E-state index contributed by atoms with van der Waals surface area (Å²) in [6, 6.07) is 18.6. The molecule has 1 aliphatic rings. The number of ether oxygens (including phenoxy) is 1. The van der Waals surface area contributed by atoms with Crippen molar-refractivity contribution in [3.63, 3.8) is 0 Å². The number of aromatic amines is 1. The average molecular weight is 543 g/mol. The van der Waals surface area contributed by atoms with Gasteiger partial charge in [-0.3, -0.25) is 0 Å². The Balaban J connectivity index is 1.56. The van der Waals surface area contributed by atoms with Gasteiger partial charge in [0.05, 0.1) is 34.3 Å². The van der Waals surface area contributed by atoms with Gasteiger partial charge in [0.25, 0.3) is 0 Å². The Morgan fingerprint density at radius 1 is 0.976 bits per heavy atom. The van der Waals surface area contributed by atoms with Crippen LogP contribution < -0.4 is 0 Å². The zero-order valence-electron chi connectivity index (χ0n) is 22.8. The maximum absolute atomic E-state index is 14.1. The molecule has 4 aromatic carbocycles. The van der Waals surface area contributed by atoms with Gasteiger partial charge in [-0.05, 0) is 78.8 Å². The third kappa shape index (κ3) is 5.37. The van der Waals surface area contributed by atoms with E-state index < -0.39 is 11.4 Å². The Bertz CT molecular complexity index is 1950. The summed E-state index contributed by atoms with van der Waals surface area (Å²) in [4.78, 5) is 8.21. The molecule has 2 N–H and O–H groups in total. The number of halogens is 1. The quantitative estimate of drug-likeness (QED) is 0.184. The molecule has 6 rings (SSSR count). The Morgan fingerprint density at radius 2 is 1.63 bits per heavy atom. The van der Waals surface area contributed by atoms with Crippen molar-refractivity contribution in [1.82, 2.24) is 9.97 Å². The van der Waals surface area contributed by atoms with Crippen LogP contribution in [-0.2, 0) is 17.8 Å². The lowest BCUT2D eigenvalue weighted by atomic mass is 9.96. The SMILES string of the molecule is CC(C)(O)C#CCc1ccc2c(c1)c1cc(COCC3CC3)ccc1c1[nH]c(-c3c(C#N)cc(F)cc3C#N)nc21. The van der Waals surface area contributed by atoms with E-state index in [-0.39, 0.29) is 16.7 Å². The van der Waals surface area contributed by atoms with Crippen molar-refractivity contribution < 1.29 is 14.2 Å². The summed E-state index contributed by atoms with van der Waals surface area (Å²) in [5.74, 6) is 6.30. The lowest BCUT2D eigenvalue weighted by Gasteiger charge is -2.10. The molecule has 0 atom stereocenters. The van der Waals surface area contributed by atoms with Crippen molar-refractivity contribution in [3.8, 4) is 35.4 Å². The first-order chi connectivity index (χ1) is 19.7. The van der Waals surface area contributed by atoms with Crippen molar-refractivity contribution in [2.24, 2.45) is 5.92 Å². The van der Waals surface area contributed by atoms with Gasteiger partial charge in [0.2, 0.25) is 0 Å². The number of benzene rings is 4. The number of imidazole rings is 1. The molecule has 0 radical (unpaired) electrons. The van der Waals surface area contributed by atoms with Gasteiger partial charge in [0.1, 0.15) is 29.4 Å². The van der Waals surface area contributed by atoms with Crippen molar-refractivity contribution in [3.05, 3.63) is 76.6 Å². The molecule has 6 nitrogen and oxygen atoms in total. The van der Waals surface area contributed by atoms with Crippen LogP contribution in [0, 0.1) is 46.2 Å². The Hall–Kier alpha value is -4.74. The number of hydrogen-bond donors (Lipinski definition) is 2. The molecule has 202 valence electrons. The van der Waals surface area contributed by atoms with Gasteiger partial charge in [0, 0.05) is 23.8 Å². The molecule has 1 aromatic heterocycles. The molecule has 1 heterocycles. The second-order valence-corrected chi connectivity index (χ2v) is 11.2. The molecule has 41 heavy (non-hydrogen) atoms. The van der Waals surface area contributed by atoms with Gasteiger partial charge in [-0.15, -0.1) is 0 Å². The molecule has 5 aromatic rings. The van der Waals surface area contributed by atoms with Crippen molar-refractivity contribution in [2.45, 2.75) is 45.3 Å². The van der Waals surface area contributed by atoms with Gasteiger partial charge in [-0.2, -0.15) is 10.5 Å². The fourth-order valence-electron chi connectivity index (χ4n) is 5.16. The highest BCUT2D eigenvalue weighted by Gasteiger charge is 2.22. The van der Waals surface area contributed by atoms with Crippen LogP contribution in [0.1, 0.15) is 48.9 Å². The molecule has 1 fully saturated rings. The van der Waals surface area contributed by atoms with E-state index >= 15 is 0 Å². The maximum atomic E-state index is 14.1. The number of nitrogens with zero attached hydrogens (tertiary/aromatic N) is 3. The molecule has 0 unspecified atom stereocenters. The van der Waals surface area contributed by atoms with E-state index in [1.165, 1.54) is 12.8 Å². The summed E-state index contributed by atoms with van der Waals surface area (Å²) in [7, 11) is 0. The third-order valence-electron chi connectivity index (χ3n) is 7.27. The van der Waals surface area contributed by atoms with Crippen molar-refractivity contribution in [2.75, 3.05) is 6.61 Å². The lowest BCUT2D eigenvalue weighted by molar-refractivity contribution is 0.111. The van der Waals surface area contributed by atoms with Gasteiger partial charge in [0.15, 0.2) is 0 Å². The number of H-pyrrole nitrogens is 1. The standard InChI is InChI=1S/C34H27FN4O2/c1-34(2,40)11-3-4-20-7-9-26-28(12-20)29-13-22(19-41-18-21-5-6-21)8-10-27(29)32-31(26)38-33(39-32)30-23(16-36)14-25(35)15-24(30)17-37/h7-10,12-15,21,40H,4-6,18-19H2,1-2H3,(H,38,39). The smallest absolute Gasteiger partial charge is 0.141 e. The summed E-state index contributed by atoms with van der Waals surface area (Å²) >= 11 is 0. The van der Waals surface area contributed by atoms with Crippen LogP contribution in [0.15, 0.2) is 48.5 Å². The van der Waals surface area contributed by atoms with E-state index in [0.717, 1.165) is 56.9 Å². The highest BCUT2D eigenvalue weighted by molar-refractivity contribution is 6.23. The van der Waals surface area contributed by atoms with Crippen LogP contribution in [0.2, 0.25) is 0 Å². The normalized spacial score (nSPS) is 13.2. The zero-order valence-corrected chi connectivity index (χ0v) is 22.8. The number of rotatable bonds is 6. The molecule has 7 heteroatoms. The Kier molecular flexibility index (Phi) is 6.68. The zero-order chi connectivity index (χ0) is 28.7. The minimum absolute atomic E-state index is 0.0389. The van der Waals surface area contributed by atoms with Crippen LogP contribution in [0.25, 0.3) is 44.0 Å². The van der Waals surface area contributed by atoms with E-state index in [9.17, 15) is 20.0 Å². The second-order valence-electron chi connectivity index (χ2n) is 11.2. The number of fused-ring (bicyclic) bond motifs is 6. The predicted octanol–water partition coefficient (Wildman–Crippen LogP) is 6.66. The molecule has 0 saturated heterocycles. The summed E-state index contributed by atoms with van der Waals surface area (Å²) in [5.41, 5.74) is 2.79. The van der Waals surface area contributed by atoms with Crippen LogP contribution in [0.3, 0.4) is 0 Å². The molecule has 0 spiro atoms. The van der Waals surface area contributed by atoms with E-state index in [1.54, 1.807) is 13.8 Å². The van der Waals surface area contributed by atoms with Gasteiger partial charge < -0.3 is 14.8 Å². The molecule has 1 aliphatic carbocycles. The average Bonchev–Trinajstić information content (AvgIpc) is 3.67. The monoisotopic (exact) mass is 542 g/mol. The van der Waals surface area contributed by atoms with Crippen LogP contribution in [-0.4, -0.2) is 27.3 Å². The number of aliphatic hydroxyl groups is 1. The van der Waals surface area contributed by atoms with E-state index in [0.29, 0.717) is 30.3 Å². The number of hydrogen-bond acceptors (Lipinski definition) is 5. The number of nitriles is 2. The van der Waals surface area contributed by atoms with Gasteiger partial charge in [-0.1, -0.05) is 36.1 Å². The molecule has 0 amide bonds. The number of nitrogens with one attached hydrogen (secondary N) is 1. The van der Waals surface area contributed by atoms with E-state index in [1.807, 2.05) is 36.4 Å². The van der Waals surface area contributed by atoms with Gasteiger partial charge in [-0.25, -0.2) is 9.37 Å². The van der Waals surface area contributed by atoms with Crippen molar-refractivity contribution in [1.29, 1.82) is 10.5 Å². The maximum Gasteiger partial charge on any atom is 0.141 e. The number of aromatic nitrogens is 2. The minimum Gasteiger partial charge on any atom is -0.378 e. The first-order valence-electron chi connectivity index (χ1n) is 13.6.